The number of nitrogens with one attached hydrogen (secondary N) is 2. The summed E-state index contributed by atoms with van der Waals surface area (Å²) in [5, 5.41) is 5.87. The van der Waals surface area contributed by atoms with Gasteiger partial charge in [-0.3, -0.25) is 19.4 Å². The van der Waals surface area contributed by atoms with Crippen LogP contribution >= 0.6 is 0 Å². The second-order valence-electron chi connectivity index (χ2n) is 11.4. The van der Waals surface area contributed by atoms with Gasteiger partial charge in [0.2, 0.25) is 11.8 Å². The van der Waals surface area contributed by atoms with E-state index in [2.05, 4.69) is 33.5 Å². The van der Waals surface area contributed by atoms with Crippen LogP contribution in [0.2, 0.25) is 0 Å². The molecule has 202 valence electrons. The molecule has 1 spiro atoms. The Morgan fingerprint density at radius 1 is 1.11 bits per heavy atom. The number of piperidine rings is 1. The highest BCUT2D eigenvalue weighted by Crippen LogP contribution is 2.31. The fraction of sp³-hybridized carbons (Fsp3) is 0.607. The van der Waals surface area contributed by atoms with E-state index in [1.807, 2.05) is 11.1 Å². The number of amides is 4. The van der Waals surface area contributed by atoms with Crippen molar-refractivity contribution in [3.05, 3.63) is 33.9 Å². The quantitative estimate of drug-likeness (QED) is 0.573. The number of carbonyl (C=O) groups is 4. The summed E-state index contributed by atoms with van der Waals surface area (Å²) in [7, 11) is 0. The molecule has 0 bridgehead atoms. The molecule has 3 saturated heterocycles. The van der Waals surface area contributed by atoms with Crippen molar-refractivity contribution < 1.29 is 19.2 Å². The number of Topliss-reactive ketones (excluding diaryl/α,β-unsaturated/α-hetero) is 1. The van der Waals surface area contributed by atoms with Crippen LogP contribution in [-0.4, -0.2) is 95.4 Å². The van der Waals surface area contributed by atoms with E-state index in [1.54, 1.807) is 4.90 Å². The second-order valence-corrected chi connectivity index (χ2v) is 11.4. The minimum absolute atomic E-state index is 0.0539. The van der Waals surface area contributed by atoms with E-state index < -0.39 is 11.6 Å². The van der Waals surface area contributed by atoms with Gasteiger partial charge in [0.25, 0.3) is 0 Å². The number of fused-ring (bicyclic) bond motifs is 3. The molecule has 1 atom stereocenters. The van der Waals surface area contributed by atoms with Crippen molar-refractivity contribution in [3.8, 4) is 0 Å². The summed E-state index contributed by atoms with van der Waals surface area (Å²) >= 11 is 0. The number of ketones is 1. The monoisotopic (exact) mass is 520 g/mol. The zero-order valence-electron chi connectivity index (χ0n) is 22.1. The number of hydrogen-bond acceptors (Lipinski definition) is 6. The zero-order valence-corrected chi connectivity index (χ0v) is 22.1. The molecule has 1 aromatic rings. The number of likely N-dealkylation sites (tertiary alicyclic amines) is 2. The number of carbonyl (C=O) groups excluding carboxylic acids is 4. The van der Waals surface area contributed by atoms with Gasteiger partial charge >= 0.3 is 6.03 Å². The van der Waals surface area contributed by atoms with Gasteiger partial charge in [-0.1, -0.05) is 6.07 Å². The van der Waals surface area contributed by atoms with E-state index in [0.29, 0.717) is 52.0 Å². The third kappa shape index (κ3) is 4.48. The van der Waals surface area contributed by atoms with Crippen LogP contribution in [0.25, 0.3) is 0 Å². The summed E-state index contributed by atoms with van der Waals surface area (Å²) < 4.78 is 0. The maximum atomic E-state index is 13.9. The average molecular weight is 521 g/mol. The highest BCUT2D eigenvalue weighted by atomic mass is 16.2. The molecule has 4 amide bonds. The summed E-state index contributed by atoms with van der Waals surface area (Å²) in [6.45, 7) is 7.60. The molecule has 38 heavy (non-hydrogen) atoms. The molecule has 10 nitrogen and oxygen atoms in total. The molecule has 5 heterocycles. The van der Waals surface area contributed by atoms with Crippen molar-refractivity contribution in [2.24, 2.45) is 4.99 Å². The number of benzene rings is 1. The van der Waals surface area contributed by atoms with Crippen LogP contribution in [0.15, 0.2) is 11.1 Å². The summed E-state index contributed by atoms with van der Waals surface area (Å²) in [5.74, 6) is -0.378. The van der Waals surface area contributed by atoms with Gasteiger partial charge in [-0.2, -0.15) is 0 Å². The predicted octanol–water partition coefficient (Wildman–Crippen LogP) is 0.910. The Hall–Kier alpha value is -3.27. The topological polar surface area (TPSA) is 114 Å². The fourth-order valence-electron chi connectivity index (χ4n) is 6.76. The van der Waals surface area contributed by atoms with Crippen molar-refractivity contribution in [1.29, 1.82) is 0 Å². The minimum Gasteiger partial charge on any atom is -0.343 e. The van der Waals surface area contributed by atoms with Crippen LogP contribution in [0.5, 0.6) is 0 Å². The molecule has 5 aliphatic rings. The van der Waals surface area contributed by atoms with Crippen LogP contribution in [0.4, 0.5) is 4.79 Å². The van der Waals surface area contributed by atoms with Gasteiger partial charge in [-0.25, -0.2) is 4.79 Å². The molecule has 0 aliphatic carbocycles. The maximum absolute atomic E-state index is 13.9. The first-order valence-electron chi connectivity index (χ1n) is 13.9. The van der Waals surface area contributed by atoms with E-state index >= 15 is 0 Å². The van der Waals surface area contributed by atoms with E-state index in [1.165, 1.54) is 24.0 Å². The third-order valence-corrected chi connectivity index (χ3v) is 9.08. The summed E-state index contributed by atoms with van der Waals surface area (Å²) in [5.41, 5.74) is 4.94. The first-order chi connectivity index (χ1) is 18.3. The molecule has 10 heteroatoms. The highest BCUT2D eigenvalue weighted by molar-refractivity contribution is 6.10. The number of hydrogen-bond donors (Lipinski definition) is 2. The van der Waals surface area contributed by atoms with Crippen molar-refractivity contribution in [1.82, 2.24) is 25.3 Å². The number of aliphatic imine (C=N–C) groups is 1. The summed E-state index contributed by atoms with van der Waals surface area (Å²) in [4.78, 5) is 61.8. The van der Waals surface area contributed by atoms with Gasteiger partial charge in [0, 0.05) is 50.9 Å². The molecule has 0 saturated carbocycles. The molecule has 3 fully saturated rings. The van der Waals surface area contributed by atoms with Crippen molar-refractivity contribution in [3.63, 3.8) is 0 Å². The maximum Gasteiger partial charge on any atom is 0.318 e. The molecular formula is C28H36N6O4. The van der Waals surface area contributed by atoms with Crippen molar-refractivity contribution >= 4 is 29.8 Å². The lowest BCUT2D eigenvalue weighted by Gasteiger charge is -2.38. The van der Waals surface area contributed by atoms with Gasteiger partial charge in [0.05, 0.1) is 13.0 Å². The second kappa shape index (κ2) is 9.80. The van der Waals surface area contributed by atoms with Crippen LogP contribution in [-0.2, 0) is 33.9 Å². The van der Waals surface area contributed by atoms with E-state index in [-0.39, 0.29) is 30.0 Å². The Kier molecular flexibility index (Phi) is 6.45. The largest absolute Gasteiger partial charge is 0.343 e. The van der Waals surface area contributed by atoms with E-state index in [9.17, 15) is 19.2 Å². The van der Waals surface area contributed by atoms with Gasteiger partial charge < -0.3 is 25.3 Å². The molecule has 5 aliphatic heterocycles. The van der Waals surface area contributed by atoms with E-state index in [4.69, 9.17) is 0 Å². The van der Waals surface area contributed by atoms with Crippen molar-refractivity contribution in [2.75, 3.05) is 39.3 Å². The zero-order chi connectivity index (χ0) is 26.4. The van der Waals surface area contributed by atoms with Crippen LogP contribution in [0.3, 0.4) is 0 Å². The Balaban J connectivity index is 1.20. The van der Waals surface area contributed by atoms with Crippen molar-refractivity contribution in [2.45, 2.75) is 70.1 Å². The van der Waals surface area contributed by atoms with Gasteiger partial charge in [0.1, 0.15) is 11.6 Å². The molecule has 0 radical (unpaired) electrons. The number of nitrogens with zero attached hydrogens (tertiary/aromatic N) is 4. The first-order valence-corrected chi connectivity index (χ1v) is 13.9. The van der Waals surface area contributed by atoms with Crippen LogP contribution in [0.1, 0.15) is 59.9 Å². The van der Waals surface area contributed by atoms with Crippen LogP contribution < -0.4 is 10.6 Å². The Labute approximate surface area is 222 Å². The molecule has 1 aromatic carbocycles. The van der Waals surface area contributed by atoms with Gasteiger partial charge in [-0.05, 0) is 68.0 Å². The average Bonchev–Trinajstić information content (AvgIpc) is 3.63. The minimum atomic E-state index is -0.837. The lowest BCUT2D eigenvalue weighted by molar-refractivity contribution is -0.133. The van der Waals surface area contributed by atoms with Gasteiger partial charge in [-0.15, -0.1) is 0 Å². The Bertz CT molecular complexity index is 1210. The Morgan fingerprint density at radius 3 is 2.58 bits per heavy atom. The van der Waals surface area contributed by atoms with E-state index in [0.717, 1.165) is 36.3 Å². The third-order valence-electron chi connectivity index (χ3n) is 9.08. The molecule has 6 rings (SSSR count). The standard InChI is InChI=1S/C28H36N6O4/c1-18-12-19-13-23(30-27(38)33-8-4-28(5-9-33)24(35)14-25(36)31-28)26(37)34(11-10-32-6-2-3-7-32)17-22(19)21-16-29-15-20(18)21/h12,16,23H,2-11,13-15,17H2,1H3,(H,30,38)(H,31,36)/t23-/m1/s1. The first kappa shape index (κ1) is 25.0. The summed E-state index contributed by atoms with van der Waals surface area (Å²) in [6.07, 6.45) is 5.50. The molecule has 2 N–H and O–H groups in total. The number of aryl methyl sites for hydroxylation is 1. The number of urea groups is 1. The number of rotatable bonds is 4. The fourth-order valence-corrected chi connectivity index (χ4v) is 6.76. The Morgan fingerprint density at radius 2 is 1.87 bits per heavy atom. The molecule has 0 unspecified atom stereocenters. The molecular weight excluding hydrogens is 484 g/mol. The van der Waals surface area contributed by atoms with Crippen LogP contribution in [0, 0.1) is 6.92 Å². The smallest absolute Gasteiger partial charge is 0.318 e. The van der Waals surface area contributed by atoms with Gasteiger partial charge in [0.15, 0.2) is 5.78 Å². The highest BCUT2D eigenvalue weighted by Gasteiger charge is 2.48. The summed E-state index contributed by atoms with van der Waals surface area (Å²) in [6, 6.07) is 1.21. The predicted molar refractivity (Wildman–Crippen MR) is 141 cm³/mol. The normalized spacial score (nSPS) is 24.6. The lowest BCUT2D eigenvalue weighted by Crippen LogP contribution is -2.59. The molecule has 0 aromatic heterocycles. The lowest BCUT2D eigenvalue weighted by atomic mass is 9.85. The SMILES string of the molecule is Cc1cc2c(c3c1CN=C3)CN(CCN1CCCC1)C(=O)[C@H](NC(=O)N1CCC3(CC1)NC(=O)CC3=O)C2.